The van der Waals surface area contributed by atoms with Gasteiger partial charge in [-0.2, -0.15) is 0 Å². The highest BCUT2D eigenvalue weighted by molar-refractivity contribution is 6.20. The number of alkyl halides is 1. The largest absolute Gasteiger partial charge is 0.480 e. The van der Waals surface area contributed by atoms with E-state index in [4.69, 9.17) is 16.3 Å². The van der Waals surface area contributed by atoms with Gasteiger partial charge in [-0.1, -0.05) is 0 Å². The lowest BCUT2D eigenvalue weighted by molar-refractivity contribution is 0.388. The van der Waals surface area contributed by atoms with Gasteiger partial charge in [-0.25, -0.2) is 4.98 Å². The molecule has 0 saturated carbocycles. The molecule has 0 aliphatic carbocycles. The molecule has 0 aromatic carbocycles. The average Bonchev–Trinajstić information content (AvgIpc) is 2.15. The molecule has 4 heteroatoms. The number of aromatic nitrogens is 2. The normalized spacial score (nSPS) is 12.5. The first-order chi connectivity index (χ1) is 6.24. The Bertz CT molecular complexity index is 266. The van der Waals surface area contributed by atoms with E-state index in [2.05, 4.69) is 9.97 Å². The zero-order valence-corrected chi connectivity index (χ0v) is 8.58. The van der Waals surface area contributed by atoms with Crippen molar-refractivity contribution in [2.24, 2.45) is 0 Å². The first-order valence-electron chi connectivity index (χ1n) is 4.22. The summed E-state index contributed by atoms with van der Waals surface area (Å²) in [7, 11) is 1.59. The maximum atomic E-state index is 5.83. The van der Waals surface area contributed by atoms with Gasteiger partial charge < -0.3 is 4.74 Å². The Morgan fingerprint density at radius 1 is 1.46 bits per heavy atom. The molecule has 0 fully saturated rings. The Hall–Kier alpha value is -0.830. The van der Waals surface area contributed by atoms with Crippen molar-refractivity contribution >= 4 is 11.6 Å². The van der Waals surface area contributed by atoms with E-state index in [0.29, 0.717) is 5.88 Å². The molecule has 13 heavy (non-hydrogen) atoms. The number of hydrogen-bond donors (Lipinski definition) is 0. The molecule has 1 atom stereocenters. The lowest BCUT2D eigenvalue weighted by Gasteiger charge is -2.05. The SMILES string of the molecule is COc1nccnc1CCC(C)Cl. The predicted molar refractivity (Wildman–Crippen MR) is 52.2 cm³/mol. The molecule has 1 aromatic heterocycles. The second-order valence-electron chi connectivity index (χ2n) is 2.83. The molecular weight excluding hydrogens is 188 g/mol. The van der Waals surface area contributed by atoms with Crippen LogP contribution in [0.3, 0.4) is 0 Å². The van der Waals surface area contributed by atoms with E-state index in [1.807, 2.05) is 6.92 Å². The average molecular weight is 201 g/mol. The summed E-state index contributed by atoms with van der Waals surface area (Å²) in [5.41, 5.74) is 0.873. The highest BCUT2D eigenvalue weighted by Gasteiger charge is 2.06. The maximum absolute atomic E-state index is 5.83. The summed E-state index contributed by atoms with van der Waals surface area (Å²) in [6.07, 6.45) is 4.97. The molecule has 0 spiro atoms. The third-order valence-corrected chi connectivity index (χ3v) is 1.93. The van der Waals surface area contributed by atoms with Crippen molar-refractivity contribution in [2.45, 2.75) is 25.1 Å². The van der Waals surface area contributed by atoms with Gasteiger partial charge in [-0.15, -0.1) is 11.6 Å². The summed E-state index contributed by atoms with van der Waals surface area (Å²) in [5.74, 6) is 0.597. The minimum absolute atomic E-state index is 0.159. The van der Waals surface area contributed by atoms with Crippen LogP contribution in [0, 0.1) is 0 Å². The van der Waals surface area contributed by atoms with E-state index in [0.717, 1.165) is 18.5 Å². The Morgan fingerprint density at radius 3 is 2.77 bits per heavy atom. The lowest BCUT2D eigenvalue weighted by Crippen LogP contribution is -2.01. The van der Waals surface area contributed by atoms with Gasteiger partial charge in [-0.3, -0.25) is 4.98 Å². The van der Waals surface area contributed by atoms with E-state index in [1.165, 1.54) is 0 Å². The topological polar surface area (TPSA) is 35.0 Å². The monoisotopic (exact) mass is 200 g/mol. The van der Waals surface area contributed by atoms with Crippen LogP contribution in [0.15, 0.2) is 12.4 Å². The Kier molecular flexibility index (Phi) is 3.96. The fraction of sp³-hybridized carbons (Fsp3) is 0.556. The maximum Gasteiger partial charge on any atom is 0.235 e. The first-order valence-corrected chi connectivity index (χ1v) is 4.65. The molecular formula is C9H13ClN2O. The minimum atomic E-state index is 0.159. The van der Waals surface area contributed by atoms with Gasteiger partial charge in [0.1, 0.15) is 5.69 Å². The molecule has 0 amide bonds. The van der Waals surface area contributed by atoms with E-state index < -0.39 is 0 Å². The molecule has 1 rings (SSSR count). The van der Waals surface area contributed by atoms with Crippen molar-refractivity contribution in [1.82, 2.24) is 9.97 Å². The van der Waals surface area contributed by atoms with Crippen molar-refractivity contribution in [3.8, 4) is 5.88 Å². The third kappa shape index (κ3) is 3.19. The molecule has 0 bridgehead atoms. The quantitative estimate of drug-likeness (QED) is 0.698. The first kappa shape index (κ1) is 10.3. The molecule has 0 aliphatic rings. The number of hydrogen-bond acceptors (Lipinski definition) is 3. The van der Waals surface area contributed by atoms with Gasteiger partial charge in [0, 0.05) is 17.8 Å². The predicted octanol–water partition coefficient (Wildman–Crippen LogP) is 2.05. The zero-order valence-electron chi connectivity index (χ0n) is 7.83. The second-order valence-corrected chi connectivity index (χ2v) is 3.58. The second kappa shape index (κ2) is 5.02. The summed E-state index contributed by atoms with van der Waals surface area (Å²) in [4.78, 5) is 8.22. The lowest BCUT2D eigenvalue weighted by atomic mass is 10.2. The molecule has 0 radical (unpaired) electrons. The molecule has 1 aromatic rings. The molecule has 1 heterocycles. The van der Waals surface area contributed by atoms with Crippen molar-refractivity contribution < 1.29 is 4.74 Å². The summed E-state index contributed by atoms with van der Waals surface area (Å²) < 4.78 is 5.06. The van der Waals surface area contributed by atoms with Gasteiger partial charge in [0.2, 0.25) is 5.88 Å². The molecule has 1 unspecified atom stereocenters. The van der Waals surface area contributed by atoms with Gasteiger partial charge in [0.25, 0.3) is 0 Å². The fourth-order valence-electron chi connectivity index (χ4n) is 1.03. The van der Waals surface area contributed by atoms with E-state index in [1.54, 1.807) is 19.5 Å². The van der Waals surface area contributed by atoms with Crippen LogP contribution in [-0.2, 0) is 6.42 Å². The summed E-state index contributed by atoms with van der Waals surface area (Å²) in [6, 6.07) is 0. The molecule has 0 saturated heterocycles. The van der Waals surface area contributed by atoms with Crippen LogP contribution in [0.1, 0.15) is 19.0 Å². The van der Waals surface area contributed by atoms with Crippen molar-refractivity contribution in [1.29, 1.82) is 0 Å². The van der Waals surface area contributed by atoms with Crippen LogP contribution in [0.25, 0.3) is 0 Å². The smallest absolute Gasteiger partial charge is 0.235 e. The van der Waals surface area contributed by atoms with E-state index in [-0.39, 0.29) is 5.38 Å². The Balaban J connectivity index is 2.64. The highest BCUT2D eigenvalue weighted by atomic mass is 35.5. The molecule has 0 N–H and O–H groups in total. The standard InChI is InChI=1S/C9H13ClN2O/c1-7(10)3-4-8-9(13-2)12-6-5-11-8/h5-7H,3-4H2,1-2H3. The fourth-order valence-corrected chi connectivity index (χ4v) is 1.14. The summed E-state index contributed by atoms with van der Waals surface area (Å²) in [6.45, 7) is 1.96. The minimum Gasteiger partial charge on any atom is -0.480 e. The number of nitrogens with zero attached hydrogens (tertiary/aromatic N) is 2. The van der Waals surface area contributed by atoms with Crippen LogP contribution in [0.2, 0.25) is 0 Å². The Morgan fingerprint density at radius 2 is 2.15 bits per heavy atom. The number of halogens is 1. The van der Waals surface area contributed by atoms with Crippen molar-refractivity contribution in [2.75, 3.05) is 7.11 Å². The zero-order chi connectivity index (χ0) is 9.68. The van der Waals surface area contributed by atoms with E-state index >= 15 is 0 Å². The summed E-state index contributed by atoms with van der Waals surface area (Å²) >= 11 is 5.83. The number of aryl methyl sites for hydroxylation is 1. The van der Waals surface area contributed by atoms with Gasteiger partial charge in [-0.05, 0) is 19.8 Å². The van der Waals surface area contributed by atoms with Crippen LogP contribution >= 0.6 is 11.6 Å². The van der Waals surface area contributed by atoms with Gasteiger partial charge >= 0.3 is 0 Å². The Labute approximate surface area is 83.1 Å². The molecule has 3 nitrogen and oxygen atoms in total. The molecule has 72 valence electrons. The number of ether oxygens (including phenoxy) is 1. The van der Waals surface area contributed by atoms with Crippen molar-refractivity contribution in [3.05, 3.63) is 18.1 Å². The third-order valence-electron chi connectivity index (χ3n) is 1.71. The number of rotatable bonds is 4. The van der Waals surface area contributed by atoms with Crippen LogP contribution < -0.4 is 4.74 Å². The van der Waals surface area contributed by atoms with Gasteiger partial charge in [0.05, 0.1) is 7.11 Å². The van der Waals surface area contributed by atoms with Crippen LogP contribution in [0.4, 0.5) is 0 Å². The number of methoxy groups -OCH3 is 1. The molecule has 0 aliphatic heterocycles. The van der Waals surface area contributed by atoms with Gasteiger partial charge in [0.15, 0.2) is 0 Å². The van der Waals surface area contributed by atoms with Crippen LogP contribution in [0.5, 0.6) is 5.88 Å². The summed E-state index contributed by atoms with van der Waals surface area (Å²) in [5, 5.41) is 0.159. The van der Waals surface area contributed by atoms with Crippen molar-refractivity contribution in [3.63, 3.8) is 0 Å². The van der Waals surface area contributed by atoms with Crippen LogP contribution in [-0.4, -0.2) is 22.5 Å². The highest BCUT2D eigenvalue weighted by Crippen LogP contribution is 2.14. The van der Waals surface area contributed by atoms with E-state index in [9.17, 15) is 0 Å².